The van der Waals surface area contributed by atoms with Crippen LogP contribution in [-0.4, -0.2) is 18.0 Å². The molecule has 0 saturated carbocycles. The number of rotatable bonds is 3. The Balaban J connectivity index is 1.99. The van der Waals surface area contributed by atoms with Gasteiger partial charge in [0.05, 0.1) is 11.6 Å². The van der Waals surface area contributed by atoms with E-state index in [-0.39, 0.29) is 6.03 Å². The molecule has 0 radical (unpaired) electrons. The summed E-state index contributed by atoms with van der Waals surface area (Å²) in [5, 5.41) is 11.7. The number of carbonyl (C=O) groups excluding carboxylic acids is 1. The highest BCUT2D eigenvalue weighted by Gasteiger charge is 2.09. The average Bonchev–Trinajstić information content (AvgIpc) is 2.49. The quantitative estimate of drug-likeness (QED) is 0.848. The number of carbonyl (C=O) groups is 1. The van der Waals surface area contributed by atoms with Crippen LogP contribution in [0, 0.1) is 11.3 Å². The molecule has 0 fully saturated rings. The Hall–Kier alpha value is -3.00. The van der Waals surface area contributed by atoms with E-state index in [0.29, 0.717) is 23.5 Å². The van der Waals surface area contributed by atoms with E-state index in [0.717, 1.165) is 5.56 Å². The molecule has 106 valence electrons. The Kier molecular flexibility index (Phi) is 4.42. The van der Waals surface area contributed by atoms with Crippen LogP contribution in [0.4, 0.5) is 16.2 Å². The number of benzene rings is 2. The summed E-state index contributed by atoms with van der Waals surface area (Å²) in [6.45, 7) is 0.427. The van der Waals surface area contributed by atoms with E-state index in [2.05, 4.69) is 11.4 Å². The van der Waals surface area contributed by atoms with Gasteiger partial charge in [-0.3, -0.25) is 0 Å². The number of nitriles is 1. The number of nitrogens with two attached hydrogens (primary N) is 1. The maximum absolute atomic E-state index is 12.1. The van der Waals surface area contributed by atoms with Crippen LogP contribution in [0.1, 0.15) is 11.1 Å². The summed E-state index contributed by atoms with van der Waals surface area (Å²) in [5.41, 5.74) is 8.42. The molecule has 0 atom stereocenters. The lowest BCUT2D eigenvalue weighted by Gasteiger charge is -2.18. The number of hydrogen-bond acceptors (Lipinski definition) is 3. The van der Waals surface area contributed by atoms with Gasteiger partial charge in [0, 0.05) is 25.0 Å². The third-order valence-corrected chi connectivity index (χ3v) is 2.98. The fourth-order valence-electron chi connectivity index (χ4n) is 1.87. The van der Waals surface area contributed by atoms with Gasteiger partial charge in [0.2, 0.25) is 0 Å². The predicted molar refractivity (Wildman–Crippen MR) is 82.5 cm³/mol. The lowest BCUT2D eigenvalue weighted by Crippen LogP contribution is -2.30. The van der Waals surface area contributed by atoms with Crippen LogP contribution in [0.2, 0.25) is 0 Å². The van der Waals surface area contributed by atoms with Gasteiger partial charge in [-0.15, -0.1) is 0 Å². The molecule has 0 saturated heterocycles. The van der Waals surface area contributed by atoms with Gasteiger partial charge in [0.15, 0.2) is 0 Å². The third-order valence-electron chi connectivity index (χ3n) is 2.98. The van der Waals surface area contributed by atoms with Crippen LogP contribution in [0.15, 0.2) is 48.5 Å². The predicted octanol–water partition coefficient (Wildman–Crippen LogP) is 2.80. The zero-order valence-electron chi connectivity index (χ0n) is 11.7. The zero-order valence-corrected chi connectivity index (χ0v) is 11.7. The fraction of sp³-hybridized carbons (Fsp3) is 0.125. The van der Waals surface area contributed by atoms with Crippen molar-refractivity contribution in [1.29, 1.82) is 5.26 Å². The van der Waals surface area contributed by atoms with Crippen molar-refractivity contribution in [2.75, 3.05) is 18.1 Å². The molecule has 2 amide bonds. The standard InChI is InChI=1S/C16H16N4O/c1-20(11-13-4-2-3-12(9-13)10-17)16(21)19-15-7-5-14(18)6-8-15/h2-9H,11,18H2,1H3,(H,19,21). The van der Waals surface area contributed by atoms with E-state index >= 15 is 0 Å². The van der Waals surface area contributed by atoms with Gasteiger partial charge < -0.3 is 16.0 Å². The minimum absolute atomic E-state index is 0.220. The summed E-state index contributed by atoms with van der Waals surface area (Å²) in [4.78, 5) is 13.6. The first-order chi connectivity index (χ1) is 10.1. The molecule has 3 N–H and O–H groups in total. The molecule has 5 nitrogen and oxygen atoms in total. The van der Waals surface area contributed by atoms with Gasteiger partial charge >= 0.3 is 6.03 Å². The van der Waals surface area contributed by atoms with Crippen molar-refractivity contribution in [3.05, 3.63) is 59.7 Å². The second kappa shape index (κ2) is 6.44. The summed E-state index contributed by atoms with van der Waals surface area (Å²) in [5.74, 6) is 0. The molecule has 2 aromatic rings. The van der Waals surface area contributed by atoms with Gasteiger partial charge in [-0.1, -0.05) is 12.1 Å². The molecule has 0 unspecified atom stereocenters. The number of anilines is 2. The van der Waals surface area contributed by atoms with E-state index in [1.807, 2.05) is 6.07 Å². The van der Waals surface area contributed by atoms with Crippen LogP contribution in [0.3, 0.4) is 0 Å². The van der Waals surface area contributed by atoms with Gasteiger partial charge in [-0.2, -0.15) is 5.26 Å². The maximum atomic E-state index is 12.1. The second-order valence-corrected chi connectivity index (χ2v) is 4.72. The monoisotopic (exact) mass is 280 g/mol. The Labute approximate surface area is 123 Å². The molecule has 0 aliphatic carbocycles. The lowest BCUT2D eigenvalue weighted by atomic mass is 10.1. The summed E-state index contributed by atoms with van der Waals surface area (Å²) < 4.78 is 0. The Morgan fingerprint density at radius 1 is 1.29 bits per heavy atom. The van der Waals surface area contributed by atoms with E-state index < -0.39 is 0 Å². The van der Waals surface area contributed by atoms with Crippen molar-refractivity contribution in [2.45, 2.75) is 6.54 Å². The van der Waals surface area contributed by atoms with Crippen LogP contribution in [0.5, 0.6) is 0 Å². The van der Waals surface area contributed by atoms with Crippen molar-refractivity contribution >= 4 is 17.4 Å². The molecule has 2 aromatic carbocycles. The first kappa shape index (κ1) is 14.4. The highest BCUT2D eigenvalue weighted by Crippen LogP contribution is 2.12. The van der Waals surface area contributed by atoms with Gasteiger partial charge in [-0.25, -0.2) is 4.79 Å². The first-order valence-electron chi connectivity index (χ1n) is 6.45. The number of urea groups is 1. The highest BCUT2D eigenvalue weighted by atomic mass is 16.2. The van der Waals surface area contributed by atoms with Crippen molar-refractivity contribution in [3.63, 3.8) is 0 Å². The Morgan fingerprint density at radius 2 is 2.00 bits per heavy atom. The van der Waals surface area contributed by atoms with Crippen LogP contribution >= 0.6 is 0 Å². The summed E-state index contributed by atoms with van der Waals surface area (Å²) in [6.07, 6.45) is 0. The van der Waals surface area contributed by atoms with E-state index in [9.17, 15) is 4.79 Å². The molecule has 0 bridgehead atoms. The zero-order chi connectivity index (χ0) is 15.2. The Morgan fingerprint density at radius 3 is 2.67 bits per heavy atom. The van der Waals surface area contributed by atoms with Crippen LogP contribution in [-0.2, 0) is 6.54 Å². The molecule has 5 heteroatoms. The second-order valence-electron chi connectivity index (χ2n) is 4.72. The van der Waals surface area contributed by atoms with Crippen LogP contribution < -0.4 is 11.1 Å². The number of nitrogens with zero attached hydrogens (tertiary/aromatic N) is 2. The SMILES string of the molecule is CN(Cc1cccc(C#N)c1)C(=O)Nc1ccc(N)cc1. The molecule has 0 heterocycles. The minimum atomic E-state index is -0.220. The topological polar surface area (TPSA) is 82.2 Å². The van der Waals surface area contributed by atoms with E-state index in [4.69, 9.17) is 11.0 Å². The molecule has 2 rings (SSSR count). The first-order valence-corrected chi connectivity index (χ1v) is 6.45. The molecule has 0 spiro atoms. The van der Waals surface area contributed by atoms with Crippen molar-refractivity contribution in [3.8, 4) is 6.07 Å². The van der Waals surface area contributed by atoms with Crippen molar-refractivity contribution < 1.29 is 4.79 Å². The number of nitrogens with one attached hydrogen (secondary N) is 1. The normalized spacial score (nSPS) is 9.71. The highest BCUT2D eigenvalue weighted by molar-refractivity contribution is 5.89. The largest absolute Gasteiger partial charge is 0.399 e. The van der Waals surface area contributed by atoms with Crippen LogP contribution in [0.25, 0.3) is 0 Å². The van der Waals surface area contributed by atoms with E-state index in [1.165, 1.54) is 0 Å². The molecule has 0 aromatic heterocycles. The molecule has 21 heavy (non-hydrogen) atoms. The number of nitrogen functional groups attached to an aromatic ring is 1. The van der Waals surface area contributed by atoms with E-state index in [1.54, 1.807) is 54.4 Å². The summed E-state index contributed by atoms with van der Waals surface area (Å²) in [6, 6.07) is 16.0. The molecular formula is C16H16N4O. The van der Waals surface area contributed by atoms with Gasteiger partial charge in [0.25, 0.3) is 0 Å². The average molecular weight is 280 g/mol. The number of amides is 2. The fourth-order valence-corrected chi connectivity index (χ4v) is 1.87. The maximum Gasteiger partial charge on any atom is 0.321 e. The minimum Gasteiger partial charge on any atom is -0.399 e. The van der Waals surface area contributed by atoms with Gasteiger partial charge in [0.1, 0.15) is 0 Å². The summed E-state index contributed by atoms with van der Waals surface area (Å²) in [7, 11) is 1.70. The molecule has 0 aliphatic heterocycles. The summed E-state index contributed by atoms with van der Waals surface area (Å²) >= 11 is 0. The van der Waals surface area contributed by atoms with Crippen molar-refractivity contribution in [1.82, 2.24) is 4.90 Å². The third kappa shape index (κ3) is 3.98. The molecular weight excluding hydrogens is 264 g/mol. The lowest BCUT2D eigenvalue weighted by molar-refractivity contribution is 0.220. The number of hydrogen-bond donors (Lipinski definition) is 2. The van der Waals surface area contributed by atoms with Crippen molar-refractivity contribution in [2.24, 2.45) is 0 Å². The smallest absolute Gasteiger partial charge is 0.321 e. The molecule has 0 aliphatic rings. The Bertz CT molecular complexity index is 673. The van der Waals surface area contributed by atoms with Gasteiger partial charge in [-0.05, 0) is 42.0 Å².